The van der Waals surface area contributed by atoms with Crippen molar-refractivity contribution in [2.45, 2.75) is 20.0 Å². The van der Waals surface area contributed by atoms with E-state index in [1.165, 1.54) is 12.1 Å². The number of hydrogen-bond donors (Lipinski definition) is 1. The Morgan fingerprint density at radius 1 is 1.00 bits per heavy atom. The van der Waals surface area contributed by atoms with Gasteiger partial charge in [-0.1, -0.05) is 15.9 Å². The van der Waals surface area contributed by atoms with Gasteiger partial charge in [-0.15, -0.1) is 0 Å². The molecule has 1 nitrogen and oxygen atoms in total. The Bertz CT molecular complexity index is 842. The summed E-state index contributed by atoms with van der Waals surface area (Å²) in [5, 5.41) is 0.599. The summed E-state index contributed by atoms with van der Waals surface area (Å²) in [5.74, 6) is 0. The third-order valence-corrected chi connectivity index (χ3v) is 4.17. The standard InChI is InChI=1S/C17H13BrF3N/c1-9-5-11(7-13(18)6-9)16-10(2)14-8-12(17(19,20)21)3-4-15(14)22-16/h3-8,22H,1-2H3. The molecule has 0 aliphatic carbocycles. The maximum absolute atomic E-state index is 12.9. The minimum atomic E-state index is -4.33. The van der Waals surface area contributed by atoms with E-state index in [0.717, 1.165) is 32.9 Å². The lowest BCUT2D eigenvalue weighted by Gasteiger charge is -2.06. The Morgan fingerprint density at radius 3 is 2.36 bits per heavy atom. The van der Waals surface area contributed by atoms with Crippen molar-refractivity contribution in [3.63, 3.8) is 0 Å². The van der Waals surface area contributed by atoms with Crippen molar-refractivity contribution in [3.8, 4) is 11.3 Å². The molecule has 3 rings (SSSR count). The van der Waals surface area contributed by atoms with Crippen LogP contribution in [0.5, 0.6) is 0 Å². The molecule has 3 aromatic rings. The lowest BCUT2D eigenvalue weighted by molar-refractivity contribution is -0.137. The minimum absolute atomic E-state index is 0.599. The molecule has 0 unspecified atom stereocenters. The van der Waals surface area contributed by atoms with Gasteiger partial charge in [0.05, 0.1) is 5.56 Å². The molecule has 0 fully saturated rings. The number of aromatic nitrogens is 1. The number of aromatic amines is 1. The minimum Gasteiger partial charge on any atom is -0.354 e. The van der Waals surface area contributed by atoms with E-state index in [9.17, 15) is 13.2 Å². The third-order valence-electron chi connectivity index (χ3n) is 3.72. The van der Waals surface area contributed by atoms with Crippen molar-refractivity contribution in [1.29, 1.82) is 0 Å². The maximum atomic E-state index is 12.9. The Balaban J connectivity index is 2.22. The summed E-state index contributed by atoms with van der Waals surface area (Å²) in [6, 6.07) is 9.75. The molecule has 0 spiro atoms. The number of benzene rings is 2. The van der Waals surface area contributed by atoms with Crippen LogP contribution in [0.25, 0.3) is 22.2 Å². The molecular formula is C17H13BrF3N. The van der Waals surface area contributed by atoms with Gasteiger partial charge >= 0.3 is 6.18 Å². The van der Waals surface area contributed by atoms with Crippen LogP contribution in [0.3, 0.4) is 0 Å². The molecule has 0 saturated heterocycles. The molecule has 1 heterocycles. The van der Waals surface area contributed by atoms with Crippen molar-refractivity contribution in [1.82, 2.24) is 4.98 Å². The summed E-state index contributed by atoms with van der Waals surface area (Å²) in [7, 11) is 0. The predicted octanol–water partition coefficient (Wildman–Crippen LogP) is 6.23. The van der Waals surface area contributed by atoms with E-state index in [4.69, 9.17) is 0 Å². The first-order valence-electron chi connectivity index (χ1n) is 6.73. The fourth-order valence-corrected chi connectivity index (χ4v) is 3.28. The number of aryl methyl sites for hydroxylation is 2. The molecule has 0 amide bonds. The van der Waals surface area contributed by atoms with Gasteiger partial charge in [-0.25, -0.2) is 0 Å². The summed E-state index contributed by atoms with van der Waals surface area (Å²) in [4.78, 5) is 3.23. The maximum Gasteiger partial charge on any atom is 0.416 e. The van der Waals surface area contributed by atoms with Gasteiger partial charge in [0.25, 0.3) is 0 Å². The van der Waals surface area contributed by atoms with Crippen molar-refractivity contribution in [2.24, 2.45) is 0 Å². The van der Waals surface area contributed by atoms with E-state index in [1.807, 2.05) is 32.0 Å². The summed E-state index contributed by atoms with van der Waals surface area (Å²) >= 11 is 3.45. The molecule has 0 aliphatic heterocycles. The zero-order valence-electron chi connectivity index (χ0n) is 12.0. The van der Waals surface area contributed by atoms with E-state index < -0.39 is 11.7 Å². The van der Waals surface area contributed by atoms with Crippen LogP contribution in [0.2, 0.25) is 0 Å². The lowest BCUT2D eigenvalue weighted by atomic mass is 10.0. The van der Waals surface area contributed by atoms with E-state index >= 15 is 0 Å². The second-order valence-electron chi connectivity index (χ2n) is 5.40. The highest BCUT2D eigenvalue weighted by molar-refractivity contribution is 9.10. The molecule has 0 radical (unpaired) electrons. The second-order valence-corrected chi connectivity index (χ2v) is 6.32. The van der Waals surface area contributed by atoms with E-state index in [0.29, 0.717) is 10.9 Å². The van der Waals surface area contributed by atoms with Gasteiger partial charge in [-0.05, 0) is 66.9 Å². The van der Waals surface area contributed by atoms with Gasteiger partial charge in [0.2, 0.25) is 0 Å². The van der Waals surface area contributed by atoms with Crippen molar-refractivity contribution >= 4 is 26.8 Å². The average Bonchev–Trinajstić information content (AvgIpc) is 2.74. The van der Waals surface area contributed by atoms with Crippen LogP contribution in [0.4, 0.5) is 13.2 Å². The third kappa shape index (κ3) is 2.65. The summed E-state index contributed by atoms with van der Waals surface area (Å²) < 4.78 is 39.5. The average molecular weight is 368 g/mol. The Morgan fingerprint density at radius 2 is 1.73 bits per heavy atom. The topological polar surface area (TPSA) is 15.8 Å². The van der Waals surface area contributed by atoms with Gasteiger partial charge in [-0.3, -0.25) is 0 Å². The van der Waals surface area contributed by atoms with Crippen molar-refractivity contribution < 1.29 is 13.2 Å². The number of rotatable bonds is 1. The van der Waals surface area contributed by atoms with Crippen molar-refractivity contribution in [3.05, 3.63) is 57.6 Å². The molecule has 2 aromatic carbocycles. The van der Waals surface area contributed by atoms with Crippen LogP contribution in [-0.2, 0) is 6.18 Å². The molecule has 5 heteroatoms. The summed E-state index contributed by atoms with van der Waals surface area (Å²) in [6.07, 6.45) is -4.33. The first kappa shape index (κ1) is 15.2. The van der Waals surface area contributed by atoms with E-state index in [1.54, 1.807) is 0 Å². The summed E-state index contributed by atoms with van der Waals surface area (Å²) in [5.41, 5.74) is 3.78. The zero-order chi connectivity index (χ0) is 16.1. The molecular weight excluding hydrogens is 355 g/mol. The molecule has 1 aromatic heterocycles. The van der Waals surface area contributed by atoms with Gasteiger partial charge in [0.15, 0.2) is 0 Å². The monoisotopic (exact) mass is 367 g/mol. The van der Waals surface area contributed by atoms with Crippen LogP contribution in [-0.4, -0.2) is 4.98 Å². The highest BCUT2D eigenvalue weighted by Crippen LogP contribution is 2.36. The second kappa shape index (κ2) is 5.16. The van der Waals surface area contributed by atoms with E-state index in [2.05, 4.69) is 20.9 Å². The number of nitrogens with one attached hydrogen (secondary N) is 1. The van der Waals surface area contributed by atoms with Crippen LogP contribution >= 0.6 is 15.9 Å². The van der Waals surface area contributed by atoms with Gasteiger partial charge in [-0.2, -0.15) is 13.2 Å². The van der Waals surface area contributed by atoms with Gasteiger partial charge in [0, 0.05) is 21.1 Å². The SMILES string of the molecule is Cc1cc(Br)cc(-c2[nH]c3ccc(C(F)(F)F)cc3c2C)c1. The summed E-state index contributed by atoms with van der Waals surface area (Å²) in [6.45, 7) is 3.82. The fourth-order valence-electron chi connectivity index (χ4n) is 2.67. The van der Waals surface area contributed by atoms with E-state index in [-0.39, 0.29) is 0 Å². The Hall–Kier alpha value is -1.75. The lowest BCUT2D eigenvalue weighted by Crippen LogP contribution is -2.04. The number of alkyl halides is 3. The number of H-pyrrole nitrogens is 1. The highest BCUT2D eigenvalue weighted by atomic mass is 79.9. The molecule has 0 saturated carbocycles. The first-order chi connectivity index (χ1) is 10.3. The van der Waals surface area contributed by atoms with Crippen molar-refractivity contribution in [2.75, 3.05) is 0 Å². The molecule has 1 N–H and O–H groups in total. The highest BCUT2D eigenvalue weighted by Gasteiger charge is 2.30. The zero-order valence-corrected chi connectivity index (χ0v) is 13.6. The normalized spacial score (nSPS) is 12.1. The van der Waals surface area contributed by atoms with Crippen LogP contribution < -0.4 is 0 Å². The Kier molecular flexibility index (Phi) is 3.56. The molecule has 0 atom stereocenters. The first-order valence-corrected chi connectivity index (χ1v) is 7.52. The number of halogens is 4. The van der Waals surface area contributed by atoms with Crippen LogP contribution in [0, 0.1) is 13.8 Å². The largest absolute Gasteiger partial charge is 0.416 e. The Labute approximate surface area is 134 Å². The molecule has 22 heavy (non-hydrogen) atoms. The number of fused-ring (bicyclic) bond motifs is 1. The van der Waals surface area contributed by atoms with Gasteiger partial charge < -0.3 is 4.98 Å². The fraction of sp³-hybridized carbons (Fsp3) is 0.176. The molecule has 0 aliphatic rings. The van der Waals surface area contributed by atoms with Crippen LogP contribution in [0.1, 0.15) is 16.7 Å². The molecule has 114 valence electrons. The quantitative estimate of drug-likeness (QED) is 0.524. The van der Waals surface area contributed by atoms with Gasteiger partial charge in [0.1, 0.15) is 0 Å². The smallest absolute Gasteiger partial charge is 0.354 e. The molecule has 0 bridgehead atoms. The predicted molar refractivity (Wildman–Crippen MR) is 85.9 cm³/mol. The van der Waals surface area contributed by atoms with Crippen LogP contribution in [0.15, 0.2) is 40.9 Å². The number of hydrogen-bond acceptors (Lipinski definition) is 0.